The van der Waals surface area contributed by atoms with E-state index in [1.807, 2.05) is 13.8 Å². The number of aliphatic hydroxyl groups excluding tert-OH is 3. The molecule has 0 aliphatic carbocycles. The number of primary amides is 1. The number of rotatable bonds is 31. The van der Waals surface area contributed by atoms with E-state index in [2.05, 4.69) is 70.4 Å². The number of fused-ring (bicyclic) bond motifs is 1. The number of hydrogen-bond acceptors (Lipinski definition) is 21. The fourth-order valence-electron chi connectivity index (χ4n) is 14.3. The molecule has 0 bridgehead atoms. The van der Waals surface area contributed by atoms with Gasteiger partial charge in [-0.25, -0.2) is 4.68 Å². The van der Waals surface area contributed by atoms with Gasteiger partial charge in [-0.05, 0) is 91.3 Å². The average Bonchev–Trinajstić information content (AvgIpc) is 1.76. The monoisotopic (exact) mass is 1620 g/mol. The van der Waals surface area contributed by atoms with Crippen molar-refractivity contribution in [3.63, 3.8) is 0 Å². The largest absolute Gasteiger partial charge is 0.508 e. The van der Waals surface area contributed by atoms with Gasteiger partial charge in [-0.15, -0.1) is 5.10 Å². The first-order valence-corrected chi connectivity index (χ1v) is 40.5. The van der Waals surface area contributed by atoms with E-state index in [1.165, 1.54) is 40.0 Å². The molecule has 12 amide bonds. The number of nitrogens with one attached hydrogen (secondary N) is 10. The quantitative estimate of drug-likeness (QED) is 0.0257. The summed E-state index contributed by atoms with van der Waals surface area (Å²) in [6.45, 7) is 7.97. The number of aromatic hydroxyl groups is 1. The van der Waals surface area contributed by atoms with E-state index in [0.29, 0.717) is 35.1 Å². The third-order valence-corrected chi connectivity index (χ3v) is 20.7. The fourth-order valence-corrected chi connectivity index (χ4v) is 14.3. The SMILES string of the molecule is CCCCCCCCC(=O)N[C@H]1[C@H](OCCn2cc(C[C@@H]3NC(=O)[C@H](CC(N)=O)NC(=O)[C@@H](Cc4ccccc4)NC(=O)[C@H](Cc4ccccc4)NC(=O)[C@@H]4CCCN4C(=O)[C@@H](Cc4ccccc4)NC(=O)[C@H](CC(C)C)NC(=O)[C@H](CCCN)NC(=O)[C@H](C(C)C)NC(=O)[C@H](Cc4ccc(O)cc4)NC3=O)nn2)O[C@H](CO)[C@@H](O)[C@@H]1O. The lowest BCUT2D eigenvalue weighted by Crippen LogP contribution is -2.64. The molecule has 3 fully saturated rings. The second-order valence-corrected chi connectivity index (χ2v) is 30.9. The summed E-state index contributed by atoms with van der Waals surface area (Å²) in [5.74, 6) is -11.7. The predicted octanol–water partition coefficient (Wildman–Crippen LogP) is -0.128. The van der Waals surface area contributed by atoms with Crippen LogP contribution >= 0.6 is 0 Å². The molecule has 0 saturated carbocycles. The van der Waals surface area contributed by atoms with Gasteiger partial charge in [-0.2, -0.15) is 0 Å². The molecule has 0 spiro atoms. The first-order valence-electron chi connectivity index (χ1n) is 40.5. The highest BCUT2D eigenvalue weighted by Gasteiger charge is 2.47. The van der Waals surface area contributed by atoms with E-state index in [4.69, 9.17) is 20.9 Å². The second kappa shape index (κ2) is 46.2. The predicted molar refractivity (Wildman–Crippen MR) is 428 cm³/mol. The molecule has 8 rings (SSSR count). The van der Waals surface area contributed by atoms with Crippen LogP contribution in [0.15, 0.2) is 121 Å². The van der Waals surface area contributed by atoms with Crippen LogP contribution in [-0.4, -0.2) is 229 Å². The summed E-state index contributed by atoms with van der Waals surface area (Å²) in [6.07, 6.45) is -0.660. The molecule has 4 aromatic carbocycles. The number of phenols is 1. The summed E-state index contributed by atoms with van der Waals surface area (Å²) in [7, 11) is 0. The van der Waals surface area contributed by atoms with E-state index < -0.39 is 187 Å². The summed E-state index contributed by atoms with van der Waals surface area (Å²) >= 11 is 0. The number of carbonyl (C=O) groups excluding carboxylic acids is 12. The van der Waals surface area contributed by atoms with Crippen LogP contribution in [0.3, 0.4) is 0 Å². The minimum Gasteiger partial charge on any atom is -0.508 e. The topological polar surface area (TPSA) is 511 Å². The van der Waals surface area contributed by atoms with Gasteiger partial charge in [0.1, 0.15) is 90.5 Å². The Morgan fingerprint density at radius 2 is 1.05 bits per heavy atom. The highest BCUT2D eigenvalue weighted by molar-refractivity contribution is 6.01. The van der Waals surface area contributed by atoms with Gasteiger partial charge in [-0.1, -0.05) is 175 Å². The summed E-state index contributed by atoms with van der Waals surface area (Å²) in [5.41, 5.74) is 13.9. The van der Waals surface area contributed by atoms with Crippen molar-refractivity contribution in [3.8, 4) is 5.75 Å². The lowest BCUT2D eigenvalue weighted by molar-refractivity contribution is -0.270. The molecule has 117 heavy (non-hydrogen) atoms. The number of phenolic OH excluding ortho intramolecular Hbond substituents is 1. The molecule has 0 radical (unpaired) electrons. The standard InChI is InChI=1S/C83H116N16O18/c1-6-7-8-9-10-20-31-68(103)94-70-72(105)71(104)66(48-100)117-83(70)116-39-38-98-47-55(96-97-98)45-62-77(110)89-61(43-54-32-34-56(101)35-33-54)79(112)95-69(50(4)5)81(114)86-57(29-21-36-84)73(106)87-58(40-49(2)3)74(107)93-64(44-53-27-18-13-19-28-53)82(115)99-37-22-30-65(99)80(113)92-60(42-52-25-16-12-17-26-52)76(109)88-59(41-51-23-14-11-15-24-51)75(108)91-63(46-67(85)102)78(111)90-62/h11-19,23-28,32-35,47,49-50,57-66,69-72,83,100-101,104-105H,6-10,20-22,29-31,36-46,48,84H2,1-5H3,(H2,85,102)(H,86,114)(H,87,106)(H,88,109)(H,89,110)(H,90,111)(H,91,108)(H,92,113)(H,93,107)(H,94,103)(H,95,112)/t57-,58-,59+,60-,61-,62-,63-,64+,65-,66+,69-,70+,71+,72+,83+/m0/s1. The zero-order chi connectivity index (χ0) is 84.7. The molecule has 34 heteroatoms. The van der Waals surface area contributed by atoms with E-state index in [0.717, 1.165) is 32.1 Å². The Balaban J connectivity index is 1.18. The number of benzene rings is 4. The van der Waals surface area contributed by atoms with Crippen molar-refractivity contribution in [2.24, 2.45) is 23.3 Å². The summed E-state index contributed by atoms with van der Waals surface area (Å²) in [6, 6.07) is 15.0. The molecule has 1 aromatic heterocycles. The van der Waals surface area contributed by atoms with Crippen LogP contribution in [0.2, 0.25) is 0 Å². The lowest BCUT2D eigenvalue weighted by atomic mass is 9.96. The molecule has 636 valence electrons. The molecule has 15 atom stereocenters. The number of aliphatic hydroxyl groups is 3. The molecule has 4 heterocycles. The molecular weight excluding hydrogens is 1510 g/mol. The van der Waals surface area contributed by atoms with Gasteiger partial charge in [0.15, 0.2) is 6.29 Å². The number of amides is 12. The van der Waals surface area contributed by atoms with Crippen molar-refractivity contribution in [1.82, 2.24) is 73.1 Å². The summed E-state index contributed by atoms with van der Waals surface area (Å²) in [5, 5.41) is 78.4. The number of unbranched alkanes of at least 4 members (excludes halogenated alkanes) is 5. The van der Waals surface area contributed by atoms with Crippen molar-refractivity contribution >= 4 is 70.9 Å². The third kappa shape index (κ3) is 28.5. The van der Waals surface area contributed by atoms with Gasteiger partial charge in [0.25, 0.3) is 0 Å². The molecule has 0 unspecified atom stereocenters. The van der Waals surface area contributed by atoms with Gasteiger partial charge in [0, 0.05) is 51.3 Å². The van der Waals surface area contributed by atoms with Crippen molar-refractivity contribution in [2.45, 2.75) is 248 Å². The third-order valence-electron chi connectivity index (χ3n) is 20.7. The first kappa shape index (κ1) is 91.7. The van der Waals surface area contributed by atoms with Gasteiger partial charge in [0.05, 0.1) is 31.9 Å². The van der Waals surface area contributed by atoms with Crippen LogP contribution in [0, 0.1) is 11.8 Å². The smallest absolute Gasteiger partial charge is 0.246 e. The maximum Gasteiger partial charge on any atom is 0.246 e. The van der Waals surface area contributed by atoms with Crippen LogP contribution in [-0.2, 0) is 106 Å². The highest BCUT2D eigenvalue weighted by Crippen LogP contribution is 2.25. The van der Waals surface area contributed by atoms with E-state index >= 15 is 33.6 Å². The average molecular weight is 1630 g/mol. The molecule has 3 aliphatic heterocycles. The first-order chi connectivity index (χ1) is 56.1. The zero-order valence-electron chi connectivity index (χ0n) is 67.1. The van der Waals surface area contributed by atoms with E-state index in [-0.39, 0.29) is 101 Å². The number of hydrogen-bond donors (Lipinski definition) is 16. The second-order valence-electron chi connectivity index (χ2n) is 30.9. The normalized spacial score (nSPS) is 25.3. The zero-order valence-corrected chi connectivity index (χ0v) is 67.1. The number of ether oxygens (including phenoxy) is 2. The number of aromatic nitrogens is 3. The number of nitrogens with two attached hydrogens (primary N) is 2. The Bertz CT molecular complexity index is 4090. The van der Waals surface area contributed by atoms with E-state index in [1.54, 1.807) is 105 Å². The molecule has 3 saturated heterocycles. The van der Waals surface area contributed by atoms with Gasteiger partial charge in [-0.3, -0.25) is 57.5 Å². The van der Waals surface area contributed by atoms with E-state index in [9.17, 15) is 44.4 Å². The fraction of sp³-hybridized carbons (Fsp3) is 0.542. The summed E-state index contributed by atoms with van der Waals surface area (Å²) < 4.78 is 13.2. The highest BCUT2D eigenvalue weighted by atomic mass is 16.7. The maximum atomic E-state index is 15.4. The Morgan fingerprint density at radius 1 is 0.573 bits per heavy atom. The minimum absolute atomic E-state index is 0.00141. The van der Waals surface area contributed by atoms with Crippen LogP contribution in [0.5, 0.6) is 5.75 Å². The lowest BCUT2D eigenvalue weighted by Gasteiger charge is -2.42. The van der Waals surface area contributed by atoms with Crippen LogP contribution in [0.1, 0.15) is 146 Å². The van der Waals surface area contributed by atoms with Gasteiger partial charge in [0.2, 0.25) is 70.9 Å². The number of nitrogens with zero attached hydrogens (tertiary/aromatic N) is 4. The maximum absolute atomic E-state index is 15.4. The molecular formula is C83H116N16O18. The minimum atomic E-state index is -1.93. The van der Waals surface area contributed by atoms with Crippen molar-refractivity contribution in [2.75, 3.05) is 26.3 Å². The van der Waals surface area contributed by atoms with Crippen LogP contribution in [0.25, 0.3) is 0 Å². The Morgan fingerprint density at radius 3 is 1.60 bits per heavy atom. The molecule has 5 aromatic rings. The van der Waals surface area contributed by atoms with Crippen molar-refractivity contribution in [3.05, 3.63) is 149 Å². The van der Waals surface area contributed by atoms with Gasteiger partial charge >= 0.3 is 0 Å². The Labute approximate surface area is 681 Å². The Kier molecular flexibility index (Phi) is 36.3. The molecule has 34 nitrogen and oxygen atoms in total. The Hall–Kier alpha value is -10.8. The summed E-state index contributed by atoms with van der Waals surface area (Å²) in [4.78, 5) is 179. The van der Waals surface area contributed by atoms with Crippen molar-refractivity contribution < 1.29 is 87.4 Å². The van der Waals surface area contributed by atoms with Crippen LogP contribution < -0.4 is 64.6 Å². The van der Waals surface area contributed by atoms with Gasteiger partial charge < -0.3 is 99.4 Å². The molecule has 3 aliphatic rings. The van der Waals surface area contributed by atoms with Crippen LogP contribution in [0.4, 0.5) is 0 Å². The molecule has 18 N–H and O–H groups in total. The number of carbonyl (C=O) groups is 12. The van der Waals surface area contributed by atoms with Crippen molar-refractivity contribution in [1.29, 1.82) is 0 Å².